The van der Waals surface area contributed by atoms with Gasteiger partial charge < -0.3 is 15.0 Å². The summed E-state index contributed by atoms with van der Waals surface area (Å²) < 4.78 is 5.72. The summed E-state index contributed by atoms with van der Waals surface area (Å²) in [6.45, 7) is 8.17. The number of nitriles is 1. The highest BCUT2D eigenvalue weighted by molar-refractivity contribution is 5.99. The lowest BCUT2D eigenvalue weighted by Gasteiger charge is -2.36. The lowest BCUT2D eigenvalue weighted by atomic mass is 10.0. The second-order valence-electron chi connectivity index (χ2n) is 8.45. The first-order valence-corrected chi connectivity index (χ1v) is 11.3. The van der Waals surface area contributed by atoms with Crippen molar-refractivity contribution in [2.24, 2.45) is 0 Å². The van der Waals surface area contributed by atoms with Crippen molar-refractivity contribution < 1.29 is 9.53 Å². The number of piperazine rings is 1. The van der Waals surface area contributed by atoms with Gasteiger partial charge in [-0.3, -0.25) is 9.69 Å². The number of carbonyl (C=O) groups excluding carboxylic acids is 1. The number of unbranched alkanes of at least 4 members (excludes halogenated alkanes) is 1. The second-order valence-corrected chi connectivity index (χ2v) is 8.45. The van der Waals surface area contributed by atoms with Crippen LogP contribution in [0.25, 0.3) is 6.08 Å². The Morgan fingerprint density at radius 2 is 1.88 bits per heavy atom. The highest BCUT2D eigenvalue weighted by Crippen LogP contribution is 2.27. The number of hydrogen-bond donors (Lipinski definition) is 1. The van der Waals surface area contributed by atoms with Crippen molar-refractivity contribution in [3.63, 3.8) is 0 Å². The Morgan fingerprint density at radius 3 is 2.62 bits per heavy atom. The molecule has 0 atom stereocenters. The summed E-state index contributed by atoms with van der Waals surface area (Å²) >= 11 is 0. The van der Waals surface area contributed by atoms with Gasteiger partial charge in [0.25, 0.3) is 5.91 Å². The molecule has 0 unspecified atom stereocenters. The van der Waals surface area contributed by atoms with Crippen molar-refractivity contribution in [3.8, 4) is 11.8 Å². The molecule has 1 amide bonds. The molecular weight excluding hydrogens is 400 g/mol. The van der Waals surface area contributed by atoms with Crippen LogP contribution in [0.5, 0.6) is 5.75 Å². The quantitative estimate of drug-likeness (QED) is 0.682. The molecule has 6 heteroatoms. The van der Waals surface area contributed by atoms with Crippen molar-refractivity contribution >= 4 is 17.7 Å². The zero-order chi connectivity index (χ0) is 22.3. The van der Waals surface area contributed by atoms with Gasteiger partial charge in [-0.25, -0.2) is 0 Å². The monoisotopic (exact) mass is 430 g/mol. The molecule has 2 aromatic carbocycles. The maximum atomic E-state index is 12.5. The number of rotatable bonds is 7. The molecule has 1 N–H and O–H groups in total. The van der Waals surface area contributed by atoms with Gasteiger partial charge >= 0.3 is 0 Å². The van der Waals surface area contributed by atoms with Crippen LogP contribution in [0.3, 0.4) is 0 Å². The molecule has 1 fully saturated rings. The van der Waals surface area contributed by atoms with Gasteiger partial charge in [-0.15, -0.1) is 0 Å². The molecule has 0 saturated carbocycles. The third kappa shape index (κ3) is 5.49. The Bertz CT molecular complexity index is 1020. The summed E-state index contributed by atoms with van der Waals surface area (Å²) in [4.78, 5) is 17.3. The lowest BCUT2D eigenvalue weighted by Crippen LogP contribution is -2.46. The number of nitrogens with zero attached hydrogens (tertiary/aromatic N) is 3. The minimum atomic E-state index is -0.0341. The zero-order valence-electron chi connectivity index (χ0n) is 18.6. The van der Waals surface area contributed by atoms with E-state index in [1.807, 2.05) is 55.5 Å². The summed E-state index contributed by atoms with van der Waals surface area (Å²) in [6.07, 6.45) is 3.97. The van der Waals surface area contributed by atoms with Crippen LogP contribution in [0.15, 0.2) is 48.0 Å². The molecule has 2 aromatic rings. The molecule has 4 rings (SSSR count). The molecular formula is C26H30N4O2. The van der Waals surface area contributed by atoms with Crippen LogP contribution >= 0.6 is 0 Å². The van der Waals surface area contributed by atoms with Crippen LogP contribution in [-0.4, -0.2) is 56.7 Å². The predicted molar refractivity (Wildman–Crippen MR) is 127 cm³/mol. The number of hydrogen-bond acceptors (Lipinski definition) is 5. The smallest absolute Gasteiger partial charge is 0.250 e. The Morgan fingerprint density at radius 1 is 1.09 bits per heavy atom. The van der Waals surface area contributed by atoms with Crippen LogP contribution in [0.1, 0.15) is 29.5 Å². The van der Waals surface area contributed by atoms with Gasteiger partial charge in [0.15, 0.2) is 0 Å². The van der Waals surface area contributed by atoms with Crippen molar-refractivity contribution in [1.82, 2.24) is 10.2 Å². The number of nitrogens with one attached hydrogen (secondary N) is 1. The molecule has 32 heavy (non-hydrogen) atoms. The summed E-state index contributed by atoms with van der Waals surface area (Å²) in [7, 11) is 0. The van der Waals surface area contributed by atoms with E-state index in [1.54, 1.807) is 0 Å². The maximum absolute atomic E-state index is 12.5. The van der Waals surface area contributed by atoms with Crippen molar-refractivity contribution in [1.29, 1.82) is 5.26 Å². The molecule has 6 nitrogen and oxygen atoms in total. The molecule has 0 aromatic heterocycles. The van der Waals surface area contributed by atoms with Crippen molar-refractivity contribution in [3.05, 3.63) is 64.7 Å². The van der Waals surface area contributed by atoms with Gasteiger partial charge in [0.2, 0.25) is 0 Å². The first kappa shape index (κ1) is 21.9. The molecule has 0 radical (unpaired) electrons. The first-order chi connectivity index (χ1) is 15.6. The van der Waals surface area contributed by atoms with Gasteiger partial charge in [-0.1, -0.05) is 11.6 Å². The Balaban J connectivity index is 1.14. The molecule has 2 aliphatic rings. The van der Waals surface area contributed by atoms with E-state index in [9.17, 15) is 4.79 Å². The highest BCUT2D eigenvalue weighted by atomic mass is 16.5. The number of fused-ring (bicyclic) bond motifs is 1. The van der Waals surface area contributed by atoms with E-state index < -0.39 is 0 Å². The average Bonchev–Trinajstić information content (AvgIpc) is 2.83. The number of ether oxygens (including phenoxy) is 1. The second kappa shape index (κ2) is 10.3. The number of aryl methyl sites for hydroxylation is 1. The zero-order valence-corrected chi connectivity index (χ0v) is 18.6. The number of benzene rings is 2. The minimum Gasteiger partial charge on any atom is -0.488 e. The van der Waals surface area contributed by atoms with Gasteiger partial charge in [-0.05, 0) is 68.8 Å². The normalized spacial score (nSPS) is 15.9. The topological polar surface area (TPSA) is 68.6 Å². The summed E-state index contributed by atoms with van der Waals surface area (Å²) in [5, 5.41) is 12.0. The minimum absolute atomic E-state index is 0.0341. The third-order valence-electron chi connectivity index (χ3n) is 6.09. The molecule has 0 spiro atoms. The molecule has 2 aliphatic heterocycles. The van der Waals surface area contributed by atoms with Crippen LogP contribution in [0.2, 0.25) is 0 Å². The molecule has 2 heterocycles. The van der Waals surface area contributed by atoms with E-state index in [1.165, 1.54) is 5.69 Å². The van der Waals surface area contributed by atoms with Crippen LogP contribution in [-0.2, 0) is 4.79 Å². The number of carbonyl (C=O) groups is 1. The summed E-state index contributed by atoms with van der Waals surface area (Å²) in [5.74, 6) is 0.805. The highest BCUT2D eigenvalue weighted by Gasteiger charge is 2.18. The number of anilines is 1. The molecule has 166 valence electrons. The van der Waals surface area contributed by atoms with Crippen LogP contribution in [0, 0.1) is 18.3 Å². The Kier molecular flexibility index (Phi) is 7.08. The summed E-state index contributed by atoms with van der Waals surface area (Å²) in [5.41, 5.74) is 4.70. The number of amides is 1. The van der Waals surface area contributed by atoms with Crippen molar-refractivity contribution in [2.45, 2.75) is 19.8 Å². The largest absolute Gasteiger partial charge is 0.488 e. The van der Waals surface area contributed by atoms with Crippen molar-refractivity contribution in [2.75, 3.05) is 50.8 Å². The fourth-order valence-corrected chi connectivity index (χ4v) is 4.18. The van der Waals surface area contributed by atoms with Crippen LogP contribution < -0.4 is 15.0 Å². The van der Waals surface area contributed by atoms with E-state index in [2.05, 4.69) is 21.2 Å². The standard InChI is InChI=1S/C26H30N4O2/c1-20-4-9-25-22(16-20)17-23(19-32-25)26(31)28-10-2-3-11-29-12-14-30(15-13-29)24-7-5-21(18-27)6-8-24/h4-9,16-17H,2-3,10-15,19H2,1H3,(H,28,31). The van der Waals surface area contributed by atoms with Gasteiger partial charge in [-0.2, -0.15) is 5.26 Å². The summed E-state index contributed by atoms with van der Waals surface area (Å²) in [6, 6.07) is 16.0. The lowest BCUT2D eigenvalue weighted by molar-refractivity contribution is -0.117. The van der Waals surface area contributed by atoms with Crippen LogP contribution in [0.4, 0.5) is 5.69 Å². The molecule has 0 bridgehead atoms. The van der Waals surface area contributed by atoms with Gasteiger partial charge in [0.1, 0.15) is 12.4 Å². The van der Waals surface area contributed by atoms with E-state index >= 15 is 0 Å². The third-order valence-corrected chi connectivity index (χ3v) is 6.09. The van der Waals surface area contributed by atoms with Gasteiger partial charge in [0, 0.05) is 44.0 Å². The fraction of sp³-hybridized carbons (Fsp3) is 0.385. The molecule has 0 aliphatic carbocycles. The van der Waals surface area contributed by atoms with E-state index in [0.717, 1.165) is 62.4 Å². The molecule has 1 saturated heterocycles. The van der Waals surface area contributed by atoms with E-state index in [0.29, 0.717) is 24.3 Å². The van der Waals surface area contributed by atoms with E-state index in [-0.39, 0.29) is 5.91 Å². The van der Waals surface area contributed by atoms with E-state index in [4.69, 9.17) is 10.00 Å². The first-order valence-electron chi connectivity index (χ1n) is 11.3. The Hall–Kier alpha value is -3.30. The SMILES string of the molecule is Cc1ccc2c(c1)C=C(C(=O)NCCCCN1CCN(c3ccc(C#N)cc3)CC1)CO2. The Labute approximate surface area is 190 Å². The average molecular weight is 431 g/mol. The van der Waals surface area contributed by atoms with Gasteiger partial charge in [0.05, 0.1) is 17.2 Å². The maximum Gasteiger partial charge on any atom is 0.250 e. The predicted octanol–water partition coefficient (Wildman–Crippen LogP) is 3.36. The fourth-order valence-electron chi connectivity index (χ4n) is 4.18.